The predicted molar refractivity (Wildman–Crippen MR) is 86.5 cm³/mol. The molecule has 7 heteroatoms. The molecule has 126 valence electrons. The number of piperidine rings is 1. The minimum absolute atomic E-state index is 0.0892. The number of nitrogens with one attached hydrogen (secondary N) is 1. The van der Waals surface area contributed by atoms with Crippen molar-refractivity contribution in [3.8, 4) is 0 Å². The zero-order chi connectivity index (χ0) is 17.3. The van der Waals surface area contributed by atoms with Crippen LogP contribution in [0.25, 0.3) is 0 Å². The molecule has 1 aliphatic rings. The van der Waals surface area contributed by atoms with E-state index in [-0.39, 0.29) is 18.2 Å². The Bertz CT molecular complexity index is 773. The number of carbonyl (C=O) groups excluding carboxylic acids is 2. The molecule has 2 atom stereocenters. The quantitative estimate of drug-likeness (QED) is 0.937. The largest absolute Gasteiger partial charge is 0.338 e. The maximum Gasteiger partial charge on any atom is 0.230 e. The fourth-order valence-corrected chi connectivity index (χ4v) is 3.17. The number of rotatable bonds is 3. The van der Waals surface area contributed by atoms with Gasteiger partial charge in [-0.25, -0.2) is 4.39 Å². The van der Waals surface area contributed by atoms with Gasteiger partial charge in [0, 0.05) is 32.3 Å². The molecule has 2 aromatic rings. The van der Waals surface area contributed by atoms with Crippen LogP contribution in [0.2, 0.25) is 0 Å². The first-order valence-electron chi connectivity index (χ1n) is 7.77. The van der Waals surface area contributed by atoms with Crippen molar-refractivity contribution in [1.29, 1.82) is 0 Å². The highest BCUT2D eigenvalue weighted by atomic mass is 19.1. The monoisotopic (exact) mass is 330 g/mol. The topological polar surface area (TPSA) is 67.2 Å². The SMILES string of the molecule is CN1C(=O)CC[C@@H](C(=O)Nc2cnn(C)c2)[C@@H]1c1ccccc1F. The lowest BCUT2D eigenvalue weighted by Gasteiger charge is -2.38. The zero-order valence-corrected chi connectivity index (χ0v) is 13.6. The van der Waals surface area contributed by atoms with Crippen LogP contribution in [0, 0.1) is 11.7 Å². The number of hydrogen-bond acceptors (Lipinski definition) is 3. The molecule has 0 bridgehead atoms. The van der Waals surface area contributed by atoms with E-state index in [9.17, 15) is 14.0 Å². The third-order valence-corrected chi connectivity index (χ3v) is 4.39. The second-order valence-electron chi connectivity index (χ2n) is 6.01. The Kier molecular flexibility index (Phi) is 4.33. The first-order valence-corrected chi connectivity index (χ1v) is 7.77. The van der Waals surface area contributed by atoms with Crippen LogP contribution in [0.15, 0.2) is 36.7 Å². The second kappa shape index (κ2) is 6.43. The molecule has 0 spiro atoms. The molecule has 24 heavy (non-hydrogen) atoms. The van der Waals surface area contributed by atoms with Gasteiger partial charge in [-0.3, -0.25) is 14.3 Å². The van der Waals surface area contributed by atoms with Crippen molar-refractivity contribution in [2.75, 3.05) is 12.4 Å². The van der Waals surface area contributed by atoms with E-state index in [1.54, 1.807) is 49.4 Å². The Hall–Kier alpha value is -2.70. The number of aryl methyl sites for hydroxylation is 1. The van der Waals surface area contributed by atoms with E-state index in [0.717, 1.165) is 0 Å². The highest BCUT2D eigenvalue weighted by molar-refractivity contribution is 5.94. The molecule has 1 fully saturated rings. The molecule has 1 aromatic carbocycles. The third-order valence-electron chi connectivity index (χ3n) is 4.39. The molecule has 1 aromatic heterocycles. The third kappa shape index (κ3) is 3.02. The molecular formula is C17H19FN4O2. The summed E-state index contributed by atoms with van der Waals surface area (Å²) in [7, 11) is 3.37. The van der Waals surface area contributed by atoms with Crippen LogP contribution in [0.4, 0.5) is 10.1 Å². The average Bonchev–Trinajstić information content (AvgIpc) is 2.95. The van der Waals surface area contributed by atoms with Gasteiger partial charge in [0.25, 0.3) is 0 Å². The van der Waals surface area contributed by atoms with Crippen LogP contribution in [-0.4, -0.2) is 33.5 Å². The Morgan fingerprint density at radius 2 is 2.08 bits per heavy atom. The number of nitrogens with zero attached hydrogens (tertiary/aromatic N) is 3. The molecular weight excluding hydrogens is 311 g/mol. The number of halogens is 1. The summed E-state index contributed by atoms with van der Waals surface area (Å²) in [5, 5.41) is 6.81. The van der Waals surface area contributed by atoms with Gasteiger partial charge >= 0.3 is 0 Å². The Morgan fingerprint density at radius 3 is 2.75 bits per heavy atom. The van der Waals surface area contributed by atoms with Crippen LogP contribution in [0.5, 0.6) is 0 Å². The van der Waals surface area contributed by atoms with Crippen LogP contribution in [0.3, 0.4) is 0 Å². The molecule has 6 nitrogen and oxygen atoms in total. The highest BCUT2D eigenvalue weighted by Gasteiger charge is 2.40. The minimum Gasteiger partial charge on any atom is -0.338 e. The van der Waals surface area contributed by atoms with Gasteiger partial charge in [-0.15, -0.1) is 0 Å². The van der Waals surface area contributed by atoms with Crippen LogP contribution >= 0.6 is 0 Å². The summed E-state index contributed by atoms with van der Waals surface area (Å²) in [5.41, 5.74) is 0.939. The molecule has 1 aliphatic heterocycles. The van der Waals surface area contributed by atoms with Gasteiger partial charge in [0.2, 0.25) is 11.8 Å². The van der Waals surface area contributed by atoms with Crippen molar-refractivity contribution in [3.63, 3.8) is 0 Å². The van der Waals surface area contributed by atoms with Gasteiger partial charge in [-0.2, -0.15) is 5.10 Å². The highest BCUT2D eigenvalue weighted by Crippen LogP contribution is 2.37. The van der Waals surface area contributed by atoms with Crippen molar-refractivity contribution in [1.82, 2.24) is 14.7 Å². The summed E-state index contributed by atoms with van der Waals surface area (Å²) in [6.45, 7) is 0. The molecule has 1 saturated heterocycles. The van der Waals surface area contributed by atoms with Gasteiger partial charge in [0.05, 0.1) is 23.8 Å². The first kappa shape index (κ1) is 16.2. The Morgan fingerprint density at radius 1 is 1.33 bits per heavy atom. The fourth-order valence-electron chi connectivity index (χ4n) is 3.17. The summed E-state index contributed by atoms with van der Waals surface area (Å²) < 4.78 is 15.8. The van der Waals surface area contributed by atoms with Crippen LogP contribution in [-0.2, 0) is 16.6 Å². The van der Waals surface area contributed by atoms with Crippen molar-refractivity contribution < 1.29 is 14.0 Å². The number of carbonyl (C=O) groups is 2. The van der Waals surface area contributed by atoms with Gasteiger partial charge < -0.3 is 10.2 Å². The number of amides is 2. The van der Waals surface area contributed by atoms with E-state index in [4.69, 9.17) is 0 Å². The van der Waals surface area contributed by atoms with Crippen molar-refractivity contribution >= 4 is 17.5 Å². The molecule has 2 amide bonds. The van der Waals surface area contributed by atoms with Gasteiger partial charge in [-0.05, 0) is 12.5 Å². The lowest BCUT2D eigenvalue weighted by atomic mass is 9.83. The van der Waals surface area contributed by atoms with E-state index >= 15 is 0 Å². The normalized spacial score (nSPS) is 21.0. The smallest absolute Gasteiger partial charge is 0.230 e. The number of anilines is 1. The summed E-state index contributed by atoms with van der Waals surface area (Å²) in [6.07, 6.45) is 3.89. The van der Waals surface area contributed by atoms with Crippen molar-refractivity contribution in [2.24, 2.45) is 13.0 Å². The van der Waals surface area contributed by atoms with E-state index in [0.29, 0.717) is 17.7 Å². The van der Waals surface area contributed by atoms with E-state index in [2.05, 4.69) is 10.4 Å². The number of aromatic nitrogens is 2. The number of likely N-dealkylation sites (tertiary alicyclic amines) is 1. The summed E-state index contributed by atoms with van der Waals surface area (Å²) in [6, 6.07) is 5.65. The van der Waals surface area contributed by atoms with Gasteiger partial charge in [0.1, 0.15) is 5.82 Å². The van der Waals surface area contributed by atoms with Crippen molar-refractivity contribution in [2.45, 2.75) is 18.9 Å². The molecule has 0 aliphatic carbocycles. The lowest BCUT2D eigenvalue weighted by Crippen LogP contribution is -2.44. The maximum absolute atomic E-state index is 14.3. The fraction of sp³-hybridized carbons (Fsp3) is 0.353. The number of benzene rings is 1. The minimum atomic E-state index is -0.621. The zero-order valence-electron chi connectivity index (χ0n) is 13.6. The summed E-state index contributed by atoms with van der Waals surface area (Å²) in [5.74, 6) is -1.27. The van der Waals surface area contributed by atoms with Gasteiger partial charge in [-0.1, -0.05) is 18.2 Å². The average molecular weight is 330 g/mol. The standard InChI is InChI=1S/C17H19FN4O2/c1-21-10-11(9-19-21)20-17(24)13-7-8-15(23)22(2)16(13)12-5-3-4-6-14(12)18/h3-6,9-10,13,16H,7-8H2,1-2H3,(H,20,24)/t13-,16+/m1/s1. The Balaban J connectivity index is 1.90. The molecule has 0 saturated carbocycles. The van der Waals surface area contributed by atoms with Crippen LogP contribution < -0.4 is 5.32 Å². The van der Waals surface area contributed by atoms with Crippen molar-refractivity contribution in [3.05, 3.63) is 48.0 Å². The summed E-state index contributed by atoms with van der Waals surface area (Å²) in [4.78, 5) is 26.3. The van der Waals surface area contributed by atoms with Gasteiger partial charge in [0.15, 0.2) is 0 Å². The predicted octanol–water partition coefficient (Wildman–Crippen LogP) is 2.11. The number of hydrogen-bond donors (Lipinski definition) is 1. The van der Waals surface area contributed by atoms with E-state index < -0.39 is 17.8 Å². The lowest BCUT2D eigenvalue weighted by molar-refractivity contribution is -0.140. The second-order valence-corrected chi connectivity index (χ2v) is 6.01. The molecule has 1 N–H and O–H groups in total. The van der Waals surface area contributed by atoms with Crippen LogP contribution in [0.1, 0.15) is 24.4 Å². The maximum atomic E-state index is 14.3. The van der Waals surface area contributed by atoms with E-state index in [1.807, 2.05) is 0 Å². The summed E-state index contributed by atoms with van der Waals surface area (Å²) >= 11 is 0. The molecule has 0 radical (unpaired) electrons. The Labute approximate surface area is 139 Å². The molecule has 0 unspecified atom stereocenters. The molecule has 3 rings (SSSR count). The first-order chi connectivity index (χ1) is 11.5. The molecule has 2 heterocycles. The van der Waals surface area contributed by atoms with E-state index in [1.165, 1.54) is 11.0 Å².